The molecule has 1 aliphatic rings. The highest BCUT2D eigenvalue weighted by Crippen LogP contribution is 2.34. The van der Waals surface area contributed by atoms with E-state index in [0.29, 0.717) is 6.54 Å². The minimum atomic E-state index is -3.64. The summed E-state index contributed by atoms with van der Waals surface area (Å²) >= 11 is 1.55. The largest absolute Gasteiger partial charge is 0.244 e. The first-order chi connectivity index (χ1) is 10.1. The van der Waals surface area contributed by atoms with Crippen molar-refractivity contribution in [3.63, 3.8) is 0 Å². The van der Waals surface area contributed by atoms with Gasteiger partial charge < -0.3 is 0 Å². The Bertz CT molecular complexity index is 772. The van der Waals surface area contributed by atoms with Gasteiger partial charge in [0.1, 0.15) is 6.07 Å². The van der Waals surface area contributed by atoms with E-state index in [-0.39, 0.29) is 16.5 Å². The highest BCUT2D eigenvalue weighted by Gasteiger charge is 2.38. The van der Waals surface area contributed by atoms with Crippen LogP contribution in [0.25, 0.3) is 0 Å². The monoisotopic (exact) mass is 318 g/mol. The first-order valence-corrected chi connectivity index (χ1v) is 9.03. The van der Waals surface area contributed by atoms with Crippen molar-refractivity contribution < 1.29 is 8.42 Å². The standard InChI is InChI=1S/C15H14N2O2S2/c16-9-13-3-1-2-4-15(13)21(18,19)17(14-5-6-14)10-12-7-8-20-11-12/h1-4,7-8,11,14H,5-6,10H2. The second-order valence-electron chi connectivity index (χ2n) is 5.02. The summed E-state index contributed by atoms with van der Waals surface area (Å²) in [5.74, 6) is 0. The normalized spacial score (nSPS) is 15.0. The number of nitriles is 1. The molecule has 0 bridgehead atoms. The van der Waals surface area contributed by atoms with Crippen LogP contribution in [0.4, 0.5) is 0 Å². The van der Waals surface area contributed by atoms with Crippen molar-refractivity contribution in [2.24, 2.45) is 0 Å². The second-order valence-corrected chi connectivity index (χ2v) is 7.66. The maximum atomic E-state index is 12.9. The van der Waals surface area contributed by atoms with E-state index < -0.39 is 10.0 Å². The minimum absolute atomic E-state index is 0.0571. The van der Waals surface area contributed by atoms with Crippen LogP contribution in [0, 0.1) is 11.3 Å². The molecule has 4 nitrogen and oxygen atoms in total. The molecule has 1 aliphatic carbocycles. The molecule has 1 fully saturated rings. The molecular weight excluding hydrogens is 304 g/mol. The maximum Gasteiger partial charge on any atom is 0.244 e. The molecule has 1 heterocycles. The first kappa shape index (κ1) is 14.3. The lowest BCUT2D eigenvalue weighted by Gasteiger charge is -2.22. The summed E-state index contributed by atoms with van der Waals surface area (Å²) in [4.78, 5) is 0.106. The van der Waals surface area contributed by atoms with E-state index in [2.05, 4.69) is 0 Å². The number of nitrogens with zero attached hydrogens (tertiary/aromatic N) is 2. The van der Waals surface area contributed by atoms with E-state index in [4.69, 9.17) is 5.26 Å². The Balaban J connectivity index is 2.00. The highest BCUT2D eigenvalue weighted by atomic mass is 32.2. The van der Waals surface area contributed by atoms with Crippen LogP contribution in [0.1, 0.15) is 24.0 Å². The molecule has 1 saturated carbocycles. The lowest BCUT2D eigenvalue weighted by molar-refractivity contribution is 0.399. The van der Waals surface area contributed by atoms with Crippen LogP contribution >= 0.6 is 11.3 Å². The molecule has 0 aliphatic heterocycles. The molecule has 2 aromatic rings. The van der Waals surface area contributed by atoms with E-state index in [0.717, 1.165) is 18.4 Å². The summed E-state index contributed by atoms with van der Waals surface area (Å²) in [5.41, 5.74) is 1.19. The molecule has 0 N–H and O–H groups in total. The van der Waals surface area contributed by atoms with Crippen LogP contribution in [-0.4, -0.2) is 18.8 Å². The van der Waals surface area contributed by atoms with Crippen molar-refractivity contribution in [2.75, 3.05) is 0 Å². The topological polar surface area (TPSA) is 61.2 Å². The van der Waals surface area contributed by atoms with Crippen LogP contribution in [0.15, 0.2) is 46.0 Å². The van der Waals surface area contributed by atoms with Gasteiger partial charge in [-0.05, 0) is 47.4 Å². The Morgan fingerprint density at radius 2 is 2.05 bits per heavy atom. The number of sulfonamides is 1. The Kier molecular flexibility index (Phi) is 3.81. The molecular formula is C15H14N2O2S2. The predicted molar refractivity (Wildman–Crippen MR) is 81.2 cm³/mol. The van der Waals surface area contributed by atoms with Gasteiger partial charge in [0, 0.05) is 12.6 Å². The van der Waals surface area contributed by atoms with Crippen LogP contribution in [0.5, 0.6) is 0 Å². The van der Waals surface area contributed by atoms with Gasteiger partial charge in [0.2, 0.25) is 10.0 Å². The van der Waals surface area contributed by atoms with Gasteiger partial charge in [-0.1, -0.05) is 12.1 Å². The average molecular weight is 318 g/mol. The van der Waals surface area contributed by atoms with Crippen molar-refractivity contribution >= 4 is 21.4 Å². The molecule has 1 aromatic heterocycles. The van der Waals surface area contributed by atoms with Crippen LogP contribution in [0.2, 0.25) is 0 Å². The average Bonchev–Trinajstić information content (AvgIpc) is 3.20. The fourth-order valence-electron chi connectivity index (χ4n) is 2.25. The quantitative estimate of drug-likeness (QED) is 0.851. The molecule has 0 radical (unpaired) electrons. The lowest BCUT2D eigenvalue weighted by atomic mass is 10.2. The van der Waals surface area contributed by atoms with E-state index in [1.807, 2.05) is 22.9 Å². The Hall–Kier alpha value is -1.68. The third kappa shape index (κ3) is 2.86. The molecule has 21 heavy (non-hydrogen) atoms. The van der Waals surface area contributed by atoms with Gasteiger partial charge in [-0.3, -0.25) is 0 Å². The van der Waals surface area contributed by atoms with Crippen LogP contribution in [0.3, 0.4) is 0 Å². The molecule has 0 saturated heterocycles. The van der Waals surface area contributed by atoms with Crippen LogP contribution < -0.4 is 0 Å². The van der Waals surface area contributed by atoms with Crippen molar-refractivity contribution in [2.45, 2.75) is 30.3 Å². The third-order valence-electron chi connectivity index (χ3n) is 3.47. The number of hydrogen-bond donors (Lipinski definition) is 0. The van der Waals surface area contributed by atoms with Gasteiger partial charge in [-0.15, -0.1) is 0 Å². The number of hydrogen-bond acceptors (Lipinski definition) is 4. The fraction of sp³-hybridized carbons (Fsp3) is 0.267. The Labute approximate surface area is 128 Å². The van der Waals surface area contributed by atoms with Crippen molar-refractivity contribution in [1.29, 1.82) is 5.26 Å². The molecule has 6 heteroatoms. The van der Waals surface area contributed by atoms with Gasteiger partial charge in [0.25, 0.3) is 0 Å². The third-order valence-corrected chi connectivity index (χ3v) is 6.16. The van der Waals surface area contributed by atoms with Gasteiger partial charge >= 0.3 is 0 Å². The van der Waals surface area contributed by atoms with Gasteiger partial charge in [-0.2, -0.15) is 20.9 Å². The van der Waals surface area contributed by atoms with E-state index >= 15 is 0 Å². The molecule has 0 amide bonds. The summed E-state index contributed by atoms with van der Waals surface area (Å²) in [7, 11) is -3.64. The predicted octanol–water partition coefficient (Wildman–Crippen LogP) is 2.97. The van der Waals surface area contributed by atoms with Gasteiger partial charge in [-0.25, -0.2) is 8.42 Å². The SMILES string of the molecule is N#Cc1ccccc1S(=O)(=O)N(Cc1ccsc1)C1CC1. The number of thiophene rings is 1. The summed E-state index contributed by atoms with van der Waals surface area (Å²) in [6, 6.07) is 10.4. The van der Waals surface area contributed by atoms with Crippen molar-refractivity contribution in [1.82, 2.24) is 4.31 Å². The molecule has 0 unspecified atom stereocenters. The smallest absolute Gasteiger partial charge is 0.207 e. The lowest BCUT2D eigenvalue weighted by Crippen LogP contribution is -2.33. The zero-order valence-corrected chi connectivity index (χ0v) is 12.9. The molecule has 0 spiro atoms. The fourth-order valence-corrected chi connectivity index (χ4v) is 4.72. The minimum Gasteiger partial charge on any atom is -0.207 e. The van der Waals surface area contributed by atoms with Gasteiger partial charge in [0.15, 0.2) is 0 Å². The number of benzene rings is 1. The zero-order valence-electron chi connectivity index (χ0n) is 11.3. The second kappa shape index (κ2) is 5.60. The van der Waals surface area contributed by atoms with E-state index in [1.54, 1.807) is 29.5 Å². The van der Waals surface area contributed by atoms with Gasteiger partial charge in [0.05, 0.1) is 10.5 Å². The van der Waals surface area contributed by atoms with Crippen LogP contribution in [-0.2, 0) is 16.6 Å². The molecule has 0 atom stereocenters. The maximum absolute atomic E-state index is 12.9. The Morgan fingerprint density at radius 3 is 2.67 bits per heavy atom. The van der Waals surface area contributed by atoms with E-state index in [1.165, 1.54) is 10.4 Å². The summed E-state index contributed by atoms with van der Waals surface area (Å²) in [5, 5.41) is 13.0. The first-order valence-electron chi connectivity index (χ1n) is 6.65. The van der Waals surface area contributed by atoms with Crippen molar-refractivity contribution in [3.05, 3.63) is 52.2 Å². The highest BCUT2D eigenvalue weighted by molar-refractivity contribution is 7.89. The molecule has 108 valence electrons. The van der Waals surface area contributed by atoms with E-state index in [9.17, 15) is 8.42 Å². The molecule has 1 aromatic carbocycles. The zero-order chi connectivity index (χ0) is 14.9. The summed E-state index contributed by atoms with van der Waals surface area (Å²) in [6.07, 6.45) is 1.77. The Morgan fingerprint density at radius 1 is 1.29 bits per heavy atom. The summed E-state index contributed by atoms with van der Waals surface area (Å²) in [6.45, 7) is 0.371. The molecule has 3 rings (SSSR count). The summed E-state index contributed by atoms with van der Waals surface area (Å²) < 4.78 is 27.3. The number of rotatable bonds is 5. The van der Waals surface area contributed by atoms with Crippen molar-refractivity contribution in [3.8, 4) is 6.07 Å².